The van der Waals surface area contributed by atoms with Crippen LogP contribution in [-0.4, -0.2) is 15.8 Å². The minimum atomic E-state index is 0.461. The second kappa shape index (κ2) is 5.83. The molecule has 4 nitrogen and oxygen atoms in total. The van der Waals surface area contributed by atoms with Gasteiger partial charge in [-0.2, -0.15) is 5.10 Å². The molecule has 0 radical (unpaired) electrons. The minimum absolute atomic E-state index is 0.461. The predicted octanol–water partition coefficient (Wildman–Crippen LogP) is 3.26. The van der Waals surface area contributed by atoms with Crippen molar-refractivity contribution in [1.29, 1.82) is 0 Å². The molecule has 20 heavy (non-hydrogen) atoms. The van der Waals surface area contributed by atoms with Crippen molar-refractivity contribution in [3.8, 4) is 0 Å². The van der Waals surface area contributed by atoms with Gasteiger partial charge < -0.3 is 9.73 Å². The molecule has 0 aromatic carbocycles. The summed E-state index contributed by atoms with van der Waals surface area (Å²) in [5, 5.41) is 7.96. The molecular weight excluding hydrogens is 250 g/mol. The fourth-order valence-electron chi connectivity index (χ4n) is 2.24. The van der Waals surface area contributed by atoms with Gasteiger partial charge in [-0.15, -0.1) is 0 Å². The van der Waals surface area contributed by atoms with E-state index in [0.717, 1.165) is 30.3 Å². The molecule has 0 saturated carbocycles. The highest BCUT2D eigenvalue weighted by Crippen LogP contribution is 2.18. The zero-order valence-electron chi connectivity index (χ0n) is 13.4. The van der Waals surface area contributed by atoms with E-state index in [9.17, 15) is 0 Å². The quantitative estimate of drug-likeness (QED) is 0.911. The first-order valence-corrected chi connectivity index (χ1v) is 7.20. The van der Waals surface area contributed by atoms with Crippen molar-refractivity contribution in [3.05, 3.63) is 40.1 Å². The first-order chi connectivity index (χ1) is 9.38. The summed E-state index contributed by atoms with van der Waals surface area (Å²) >= 11 is 0. The van der Waals surface area contributed by atoms with E-state index in [0.29, 0.717) is 6.04 Å². The van der Waals surface area contributed by atoms with Crippen LogP contribution in [0.3, 0.4) is 0 Å². The molecule has 0 atom stereocenters. The Morgan fingerprint density at radius 2 is 1.95 bits per heavy atom. The van der Waals surface area contributed by atoms with Crippen LogP contribution in [0, 0.1) is 27.7 Å². The van der Waals surface area contributed by atoms with Crippen LogP contribution in [0.1, 0.15) is 47.9 Å². The zero-order valence-corrected chi connectivity index (χ0v) is 13.4. The van der Waals surface area contributed by atoms with Crippen LogP contribution in [-0.2, 0) is 13.1 Å². The number of nitrogens with zero attached hydrogens (tertiary/aromatic N) is 2. The predicted molar refractivity (Wildman–Crippen MR) is 81.0 cm³/mol. The van der Waals surface area contributed by atoms with E-state index >= 15 is 0 Å². The highest BCUT2D eigenvalue weighted by Gasteiger charge is 2.12. The molecule has 0 aliphatic heterocycles. The molecule has 0 aliphatic carbocycles. The SMILES string of the molecule is Cc1nn(Cc2cc(CNC(C)C)oc2C)c(C)c1C. The van der Waals surface area contributed by atoms with Gasteiger partial charge in [0.25, 0.3) is 0 Å². The Morgan fingerprint density at radius 1 is 1.25 bits per heavy atom. The Balaban J connectivity index is 2.15. The molecule has 2 rings (SSSR count). The number of nitrogens with one attached hydrogen (secondary N) is 1. The number of furan rings is 1. The summed E-state index contributed by atoms with van der Waals surface area (Å²) in [4.78, 5) is 0. The van der Waals surface area contributed by atoms with Crippen LogP contribution in [0.25, 0.3) is 0 Å². The summed E-state index contributed by atoms with van der Waals surface area (Å²) < 4.78 is 7.87. The molecule has 0 aliphatic rings. The Bertz CT molecular complexity index is 593. The van der Waals surface area contributed by atoms with Crippen molar-refractivity contribution in [2.75, 3.05) is 0 Å². The molecule has 110 valence electrons. The lowest BCUT2D eigenvalue weighted by Gasteiger charge is -2.04. The van der Waals surface area contributed by atoms with Crippen molar-refractivity contribution in [3.63, 3.8) is 0 Å². The average molecular weight is 275 g/mol. The van der Waals surface area contributed by atoms with E-state index in [1.165, 1.54) is 16.8 Å². The molecular formula is C16H25N3O. The van der Waals surface area contributed by atoms with Gasteiger partial charge in [0.05, 0.1) is 18.8 Å². The van der Waals surface area contributed by atoms with Crippen LogP contribution < -0.4 is 5.32 Å². The second-order valence-electron chi connectivity index (χ2n) is 5.78. The van der Waals surface area contributed by atoms with Crippen LogP contribution in [0.5, 0.6) is 0 Å². The molecule has 0 spiro atoms. The maximum atomic E-state index is 5.81. The van der Waals surface area contributed by atoms with Crippen molar-refractivity contribution >= 4 is 0 Å². The van der Waals surface area contributed by atoms with E-state index in [1.54, 1.807) is 0 Å². The number of rotatable bonds is 5. The fraction of sp³-hybridized carbons (Fsp3) is 0.562. The van der Waals surface area contributed by atoms with E-state index in [-0.39, 0.29) is 0 Å². The molecule has 0 saturated heterocycles. The van der Waals surface area contributed by atoms with Gasteiger partial charge in [-0.1, -0.05) is 13.8 Å². The number of hydrogen-bond acceptors (Lipinski definition) is 3. The highest BCUT2D eigenvalue weighted by atomic mass is 16.3. The van der Waals surface area contributed by atoms with Gasteiger partial charge in [-0.05, 0) is 39.3 Å². The van der Waals surface area contributed by atoms with Crippen LogP contribution in [0.4, 0.5) is 0 Å². The smallest absolute Gasteiger partial charge is 0.118 e. The van der Waals surface area contributed by atoms with Gasteiger partial charge in [0.15, 0.2) is 0 Å². The lowest BCUT2D eigenvalue weighted by Crippen LogP contribution is -2.21. The van der Waals surface area contributed by atoms with E-state index in [2.05, 4.69) is 55.8 Å². The molecule has 0 amide bonds. The minimum Gasteiger partial charge on any atom is -0.465 e. The Kier molecular flexibility index (Phi) is 4.33. The molecule has 2 heterocycles. The second-order valence-corrected chi connectivity index (χ2v) is 5.78. The summed E-state index contributed by atoms with van der Waals surface area (Å²) in [6, 6.07) is 2.60. The molecule has 0 bridgehead atoms. The van der Waals surface area contributed by atoms with Crippen molar-refractivity contribution in [2.24, 2.45) is 0 Å². The molecule has 1 N–H and O–H groups in total. The van der Waals surface area contributed by atoms with Crippen molar-refractivity contribution in [2.45, 2.75) is 60.7 Å². The van der Waals surface area contributed by atoms with E-state index in [1.807, 2.05) is 6.92 Å². The largest absolute Gasteiger partial charge is 0.465 e. The number of aromatic nitrogens is 2. The molecule has 2 aromatic rings. The van der Waals surface area contributed by atoms with Gasteiger partial charge in [0.1, 0.15) is 11.5 Å². The fourth-order valence-corrected chi connectivity index (χ4v) is 2.24. The van der Waals surface area contributed by atoms with Gasteiger partial charge in [-0.25, -0.2) is 0 Å². The summed E-state index contributed by atoms with van der Waals surface area (Å²) in [5.41, 5.74) is 4.80. The standard InChI is InChI=1S/C16H25N3O/c1-10(2)17-8-16-7-15(14(6)20-16)9-19-13(5)11(3)12(4)18-19/h7,10,17H,8-9H2,1-6H3. The topological polar surface area (TPSA) is 43.0 Å². The monoisotopic (exact) mass is 275 g/mol. The molecule has 0 unspecified atom stereocenters. The van der Waals surface area contributed by atoms with E-state index < -0.39 is 0 Å². The van der Waals surface area contributed by atoms with Gasteiger partial charge in [0, 0.05) is 17.3 Å². The average Bonchev–Trinajstić information content (AvgIpc) is 2.84. The number of hydrogen-bond donors (Lipinski definition) is 1. The van der Waals surface area contributed by atoms with Crippen LogP contribution in [0.2, 0.25) is 0 Å². The summed E-state index contributed by atoms with van der Waals surface area (Å²) in [5.74, 6) is 1.97. The maximum absolute atomic E-state index is 5.81. The Hall–Kier alpha value is -1.55. The summed E-state index contributed by atoms with van der Waals surface area (Å²) in [6.45, 7) is 14.1. The summed E-state index contributed by atoms with van der Waals surface area (Å²) in [6.07, 6.45) is 0. The van der Waals surface area contributed by atoms with Gasteiger partial charge in [-0.3, -0.25) is 4.68 Å². The molecule has 0 fully saturated rings. The third kappa shape index (κ3) is 3.12. The van der Waals surface area contributed by atoms with Gasteiger partial charge >= 0.3 is 0 Å². The third-order valence-electron chi connectivity index (χ3n) is 3.82. The Morgan fingerprint density at radius 3 is 2.50 bits per heavy atom. The van der Waals surface area contributed by atoms with E-state index in [4.69, 9.17) is 4.42 Å². The molecule has 4 heteroatoms. The van der Waals surface area contributed by atoms with Crippen molar-refractivity contribution < 1.29 is 4.42 Å². The first-order valence-electron chi connectivity index (χ1n) is 7.20. The van der Waals surface area contributed by atoms with Crippen LogP contribution >= 0.6 is 0 Å². The zero-order chi connectivity index (χ0) is 14.9. The lowest BCUT2D eigenvalue weighted by molar-refractivity contribution is 0.445. The highest BCUT2D eigenvalue weighted by molar-refractivity contribution is 5.26. The van der Waals surface area contributed by atoms with Gasteiger partial charge in [0.2, 0.25) is 0 Å². The van der Waals surface area contributed by atoms with Crippen LogP contribution in [0.15, 0.2) is 10.5 Å². The molecule has 2 aromatic heterocycles. The first kappa shape index (κ1) is 14.9. The summed E-state index contributed by atoms with van der Waals surface area (Å²) in [7, 11) is 0. The van der Waals surface area contributed by atoms with Crippen molar-refractivity contribution in [1.82, 2.24) is 15.1 Å². The normalized spacial score (nSPS) is 11.6. The number of aryl methyl sites for hydroxylation is 2. The third-order valence-corrected chi connectivity index (χ3v) is 3.82. The maximum Gasteiger partial charge on any atom is 0.118 e. The lowest BCUT2D eigenvalue weighted by atomic mass is 10.2. The Labute approximate surface area is 121 Å².